The maximum atomic E-state index is 9.01. The van der Waals surface area contributed by atoms with Gasteiger partial charge in [-0.05, 0) is 37.3 Å². The Morgan fingerprint density at radius 3 is 2.75 bits per heavy atom. The second kappa shape index (κ2) is 6.18. The first kappa shape index (κ1) is 13.4. The summed E-state index contributed by atoms with van der Waals surface area (Å²) in [5.41, 5.74) is 1.41. The topological polar surface area (TPSA) is 45.1 Å². The number of pyridine rings is 1. The standard InChI is InChI=1S/C12H18N2O.ClH/c15-8-6-12(4-2-5-12)14-10-11-3-1-7-13-9-11;/h1,3,7,9,14-15H,2,4-6,8,10H2;1H. The zero-order chi connectivity index (χ0) is 10.6. The molecule has 1 heterocycles. The fourth-order valence-corrected chi connectivity index (χ4v) is 2.12. The van der Waals surface area contributed by atoms with E-state index in [1.54, 1.807) is 6.20 Å². The summed E-state index contributed by atoms with van der Waals surface area (Å²) in [4.78, 5) is 4.09. The molecule has 0 radical (unpaired) electrons. The van der Waals surface area contributed by atoms with Gasteiger partial charge in [-0.15, -0.1) is 12.4 Å². The normalized spacial score (nSPS) is 17.3. The van der Waals surface area contributed by atoms with E-state index < -0.39 is 0 Å². The molecule has 0 aliphatic heterocycles. The molecular formula is C12H19ClN2O. The first-order chi connectivity index (χ1) is 7.35. The lowest BCUT2D eigenvalue weighted by atomic mass is 9.74. The Labute approximate surface area is 103 Å². The van der Waals surface area contributed by atoms with Gasteiger partial charge in [-0.2, -0.15) is 0 Å². The predicted molar refractivity (Wildman–Crippen MR) is 66.6 cm³/mol. The fourth-order valence-electron chi connectivity index (χ4n) is 2.12. The van der Waals surface area contributed by atoms with E-state index in [1.165, 1.54) is 24.8 Å². The highest BCUT2D eigenvalue weighted by Gasteiger charge is 2.35. The molecule has 16 heavy (non-hydrogen) atoms. The molecule has 0 amide bonds. The lowest BCUT2D eigenvalue weighted by Gasteiger charge is -2.42. The van der Waals surface area contributed by atoms with Crippen LogP contribution in [0.5, 0.6) is 0 Å². The van der Waals surface area contributed by atoms with Crippen molar-refractivity contribution in [2.24, 2.45) is 0 Å². The number of aliphatic hydroxyl groups excluding tert-OH is 1. The first-order valence-corrected chi connectivity index (χ1v) is 5.59. The molecule has 0 unspecified atom stereocenters. The summed E-state index contributed by atoms with van der Waals surface area (Å²) in [6, 6.07) is 4.03. The Bertz CT molecular complexity index is 301. The molecule has 1 aromatic rings. The number of nitrogens with one attached hydrogen (secondary N) is 1. The number of hydrogen-bond acceptors (Lipinski definition) is 3. The highest BCUT2D eigenvalue weighted by Crippen LogP contribution is 2.34. The molecule has 0 saturated heterocycles. The number of nitrogens with zero attached hydrogens (tertiary/aromatic N) is 1. The van der Waals surface area contributed by atoms with Crippen LogP contribution >= 0.6 is 12.4 Å². The SMILES string of the molecule is Cl.OCCC1(NCc2cccnc2)CCC1. The lowest BCUT2D eigenvalue weighted by molar-refractivity contribution is 0.130. The number of hydrogen-bond donors (Lipinski definition) is 2. The lowest BCUT2D eigenvalue weighted by Crippen LogP contribution is -2.51. The van der Waals surface area contributed by atoms with Gasteiger partial charge < -0.3 is 10.4 Å². The third-order valence-corrected chi connectivity index (χ3v) is 3.29. The summed E-state index contributed by atoms with van der Waals surface area (Å²) in [7, 11) is 0. The Hall–Kier alpha value is -0.640. The van der Waals surface area contributed by atoms with E-state index in [2.05, 4.69) is 16.4 Å². The van der Waals surface area contributed by atoms with E-state index in [1.807, 2.05) is 12.3 Å². The molecule has 2 rings (SSSR count). The molecule has 1 aromatic heterocycles. The van der Waals surface area contributed by atoms with Gasteiger partial charge in [-0.25, -0.2) is 0 Å². The van der Waals surface area contributed by atoms with Gasteiger partial charge in [0.15, 0.2) is 0 Å². The largest absolute Gasteiger partial charge is 0.396 e. The second-order valence-electron chi connectivity index (χ2n) is 4.32. The van der Waals surface area contributed by atoms with E-state index >= 15 is 0 Å². The number of aromatic nitrogens is 1. The van der Waals surface area contributed by atoms with Gasteiger partial charge in [0.2, 0.25) is 0 Å². The monoisotopic (exact) mass is 242 g/mol. The minimum Gasteiger partial charge on any atom is -0.396 e. The van der Waals surface area contributed by atoms with Crippen molar-refractivity contribution in [2.45, 2.75) is 37.8 Å². The molecule has 1 aliphatic carbocycles. The molecule has 1 saturated carbocycles. The third kappa shape index (κ3) is 3.17. The van der Waals surface area contributed by atoms with E-state index in [0.29, 0.717) is 0 Å². The minimum absolute atomic E-state index is 0. The van der Waals surface area contributed by atoms with Crippen LogP contribution in [0.4, 0.5) is 0 Å². The van der Waals surface area contributed by atoms with Crippen LogP contribution in [0.15, 0.2) is 24.5 Å². The summed E-state index contributed by atoms with van der Waals surface area (Å²) in [5, 5.41) is 12.6. The van der Waals surface area contributed by atoms with Crippen LogP contribution < -0.4 is 5.32 Å². The summed E-state index contributed by atoms with van der Waals surface area (Å²) in [6.45, 7) is 1.13. The van der Waals surface area contributed by atoms with Gasteiger partial charge in [0.25, 0.3) is 0 Å². The van der Waals surface area contributed by atoms with E-state index in [0.717, 1.165) is 13.0 Å². The van der Waals surface area contributed by atoms with Crippen LogP contribution in [0.2, 0.25) is 0 Å². The van der Waals surface area contributed by atoms with Crippen LogP contribution in [-0.2, 0) is 6.54 Å². The Morgan fingerprint density at radius 2 is 2.25 bits per heavy atom. The van der Waals surface area contributed by atoms with Crippen molar-refractivity contribution >= 4 is 12.4 Å². The third-order valence-electron chi connectivity index (χ3n) is 3.29. The van der Waals surface area contributed by atoms with Gasteiger partial charge in [0, 0.05) is 31.1 Å². The maximum absolute atomic E-state index is 9.01. The molecule has 0 aromatic carbocycles. The van der Waals surface area contributed by atoms with Crippen LogP contribution in [0.25, 0.3) is 0 Å². The Balaban J connectivity index is 0.00000128. The Morgan fingerprint density at radius 1 is 1.44 bits per heavy atom. The van der Waals surface area contributed by atoms with Crippen molar-refractivity contribution in [1.82, 2.24) is 10.3 Å². The van der Waals surface area contributed by atoms with E-state index in [9.17, 15) is 0 Å². The number of rotatable bonds is 5. The van der Waals surface area contributed by atoms with Crippen molar-refractivity contribution in [2.75, 3.05) is 6.61 Å². The number of aliphatic hydroxyl groups is 1. The van der Waals surface area contributed by atoms with Crippen LogP contribution in [0.1, 0.15) is 31.2 Å². The summed E-state index contributed by atoms with van der Waals surface area (Å²) in [5.74, 6) is 0. The molecule has 1 aliphatic rings. The summed E-state index contributed by atoms with van der Waals surface area (Å²) < 4.78 is 0. The molecule has 2 N–H and O–H groups in total. The van der Waals surface area contributed by atoms with Crippen molar-refractivity contribution in [3.63, 3.8) is 0 Å². The number of halogens is 1. The maximum Gasteiger partial charge on any atom is 0.0448 e. The average Bonchev–Trinajstić information content (AvgIpc) is 2.23. The van der Waals surface area contributed by atoms with E-state index in [4.69, 9.17) is 5.11 Å². The zero-order valence-corrected chi connectivity index (χ0v) is 10.2. The molecule has 4 heteroatoms. The molecule has 1 fully saturated rings. The highest BCUT2D eigenvalue weighted by atomic mass is 35.5. The smallest absolute Gasteiger partial charge is 0.0448 e. The summed E-state index contributed by atoms with van der Waals surface area (Å²) >= 11 is 0. The van der Waals surface area contributed by atoms with Crippen LogP contribution in [-0.4, -0.2) is 22.2 Å². The molecule has 0 spiro atoms. The molecule has 0 atom stereocenters. The summed E-state index contributed by atoms with van der Waals surface area (Å²) in [6.07, 6.45) is 8.20. The van der Waals surface area contributed by atoms with Crippen LogP contribution in [0.3, 0.4) is 0 Å². The molecule has 0 bridgehead atoms. The fraction of sp³-hybridized carbons (Fsp3) is 0.583. The first-order valence-electron chi connectivity index (χ1n) is 5.59. The van der Waals surface area contributed by atoms with Crippen molar-refractivity contribution in [3.05, 3.63) is 30.1 Å². The molecule has 3 nitrogen and oxygen atoms in total. The van der Waals surface area contributed by atoms with Gasteiger partial charge in [0.1, 0.15) is 0 Å². The van der Waals surface area contributed by atoms with Crippen molar-refractivity contribution < 1.29 is 5.11 Å². The minimum atomic E-state index is 0. The van der Waals surface area contributed by atoms with Crippen LogP contribution in [0, 0.1) is 0 Å². The van der Waals surface area contributed by atoms with Crippen molar-refractivity contribution in [1.29, 1.82) is 0 Å². The van der Waals surface area contributed by atoms with Gasteiger partial charge >= 0.3 is 0 Å². The molecule has 90 valence electrons. The Kier molecular flexibility index (Phi) is 5.19. The van der Waals surface area contributed by atoms with Crippen molar-refractivity contribution in [3.8, 4) is 0 Å². The van der Waals surface area contributed by atoms with Gasteiger partial charge in [-0.3, -0.25) is 4.98 Å². The van der Waals surface area contributed by atoms with Gasteiger partial charge in [-0.1, -0.05) is 6.07 Å². The highest BCUT2D eigenvalue weighted by molar-refractivity contribution is 5.85. The predicted octanol–water partition coefficient (Wildman–Crippen LogP) is 1.90. The quantitative estimate of drug-likeness (QED) is 0.829. The van der Waals surface area contributed by atoms with Gasteiger partial charge in [0.05, 0.1) is 0 Å². The van der Waals surface area contributed by atoms with E-state index in [-0.39, 0.29) is 24.6 Å². The average molecular weight is 243 g/mol. The molecular weight excluding hydrogens is 224 g/mol. The zero-order valence-electron chi connectivity index (χ0n) is 9.35. The second-order valence-corrected chi connectivity index (χ2v) is 4.32.